The second-order valence-electron chi connectivity index (χ2n) is 5.22. The van der Waals surface area contributed by atoms with Crippen LogP contribution in [0, 0.1) is 0 Å². The number of nitrogens with zero attached hydrogens (tertiary/aromatic N) is 1. The van der Waals surface area contributed by atoms with E-state index in [0.717, 1.165) is 4.47 Å². The van der Waals surface area contributed by atoms with Crippen molar-refractivity contribution in [3.8, 4) is 5.75 Å². The third-order valence-corrected chi connectivity index (χ3v) is 3.56. The molecule has 0 aliphatic rings. The molecule has 0 aliphatic carbocycles. The number of halogens is 1. The Bertz CT molecular complexity index is 746. The van der Waals surface area contributed by atoms with E-state index in [1.54, 1.807) is 31.2 Å². The lowest BCUT2D eigenvalue weighted by molar-refractivity contribution is -0.123. The number of ether oxygens (including phenoxy) is 1. The number of amides is 2. The number of hydrogen-bond donors (Lipinski definition) is 2. The van der Waals surface area contributed by atoms with Crippen molar-refractivity contribution in [3.05, 3.63) is 59.1 Å². The van der Waals surface area contributed by atoms with Crippen LogP contribution in [-0.2, 0) is 9.59 Å². The van der Waals surface area contributed by atoms with Gasteiger partial charge in [-0.25, -0.2) is 5.43 Å². The van der Waals surface area contributed by atoms with Crippen molar-refractivity contribution in [1.29, 1.82) is 0 Å². The van der Waals surface area contributed by atoms with Gasteiger partial charge in [-0.2, -0.15) is 5.10 Å². The Morgan fingerprint density at radius 1 is 1.04 bits per heavy atom. The first-order valence-electron chi connectivity index (χ1n) is 7.58. The molecule has 0 spiro atoms. The topological polar surface area (TPSA) is 79.8 Å². The van der Waals surface area contributed by atoms with E-state index in [0.29, 0.717) is 17.1 Å². The molecule has 0 heterocycles. The first kappa shape index (κ1) is 18.7. The summed E-state index contributed by atoms with van der Waals surface area (Å²) in [5, 5.41) is 6.65. The summed E-state index contributed by atoms with van der Waals surface area (Å²) in [5.41, 5.74) is 3.57. The Labute approximate surface area is 154 Å². The van der Waals surface area contributed by atoms with Crippen molar-refractivity contribution in [3.63, 3.8) is 0 Å². The second kappa shape index (κ2) is 9.58. The molecule has 2 aromatic rings. The van der Waals surface area contributed by atoms with Gasteiger partial charge in [0.2, 0.25) is 5.91 Å². The molecule has 2 N–H and O–H groups in total. The first-order chi connectivity index (χ1) is 12.0. The molecule has 2 amide bonds. The van der Waals surface area contributed by atoms with E-state index >= 15 is 0 Å². The number of hydrazone groups is 1. The van der Waals surface area contributed by atoms with Gasteiger partial charge in [-0.1, -0.05) is 34.1 Å². The van der Waals surface area contributed by atoms with Crippen LogP contribution in [-0.4, -0.2) is 24.1 Å². The van der Waals surface area contributed by atoms with Gasteiger partial charge in [-0.05, 0) is 43.3 Å². The normalized spacial score (nSPS) is 10.9. The number of anilines is 1. The number of rotatable bonds is 7. The van der Waals surface area contributed by atoms with Crippen molar-refractivity contribution in [1.82, 2.24) is 5.43 Å². The Morgan fingerprint density at radius 2 is 1.72 bits per heavy atom. The molecule has 0 radical (unpaired) electrons. The van der Waals surface area contributed by atoms with Crippen LogP contribution in [0.15, 0.2) is 64.2 Å². The highest BCUT2D eigenvalue weighted by molar-refractivity contribution is 9.10. The molecule has 0 unspecified atom stereocenters. The number of para-hydroxylation sites is 1. The second-order valence-corrected chi connectivity index (χ2v) is 6.13. The van der Waals surface area contributed by atoms with Gasteiger partial charge in [0.05, 0.1) is 6.42 Å². The fourth-order valence-corrected chi connectivity index (χ4v) is 2.13. The monoisotopic (exact) mass is 403 g/mol. The zero-order chi connectivity index (χ0) is 18.1. The molecule has 0 aliphatic heterocycles. The van der Waals surface area contributed by atoms with E-state index in [4.69, 9.17) is 4.74 Å². The highest BCUT2D eigenvalue weighted by atomic mass is 79.9. The van der Waals surface area contributed by atoms with Gasteiger partial charge in [0.1, 0.15) is 5.75 Å². The van der Waals surface area contributed by atoms with Crippen molar-refractivity contribution in [2.75, 3.05) is 11.9 Å². The first-order valence-corrected chi connectivity index (χ1v) is 8.37. The molecule has 7 heteroatoms. The Hall–Kier alpha value is -2.67. The van der Waals surface area contributed by atoms with E-state index in [1.807, 2.05) is 30.3 Å². The summed E-state index contributed by atoms with van der Waals surface area (Å²) in [4.78, 5) is 23.6. The Balaban J connectivity index is 1.73. The zero-order valence-electron chi connectivity index (χ0n) is 13.7. The average Bonchev–Trinajstić information content (AvgIpc) is 2.60. The van der Waals surface area contributed by atoms with Crippen LogP contribution in [0.4, 0.5) is 5.69 Å². The largest absolute Gasteiger partial charge is 0.484 e. The van der Waals surface area contributed by atoms with Gasteiger partial charge in [0.15, 0.2) is 6.61 Å². The summed E-state index contributed by atoms with van der Waals surface area (Å²) in [7, 11) is 0. The van der Waals surface area contributed by atoms with Crippen LogP contribution >= 0.6 is 15.9 Å². The van der Waals surface area contributed by atoms with Gasteiger partial charge in [-0.15, -0.1) is 0 Å². The van der Waals surface area contributed by atoms with Gasteiger partial charge in [0.25, 0.3) is 5.91 Å². The molecule has 0 bridgehead atoms. The lowest BCUT2D eigenvalue weighted by atomic mass is 10.2. The lowest BCUT2D eigenvalue weighted by Crippen LogP contribution is -2.26. The Morgan fingerprint density at radius 3 is 2.40 bits per heavy atom. The quantitative estimate of drug-likeness (QED) is 0.549. The van der Waals surface area contributed by atoms with E-state index < -0.39 is 5.91 Å². The SMILES string of the molecule is C/C(CC(=O)Nc1ccccc1)=N/NC(=O)COc1ccc(Br)cc1. The standard InChI is InChI=1S/C18H18BrN3O3/c1-13(11-17(23)20-15-5-3-2-4-6-15)21-22-18(24)12-25-16-9-7-14(19)8-10-16/h2-10H,11-12H2,1H3,(H,20,23)(H,22,24)/b21-13-. The average molecular weight is 404 g/mol. The minimum Gasteiger partial charge on any atom is -0.484 e. The maximum Gasteiger partial charge on any atom is 0.277 e. The third kappa shape index (κ3) is 7.17. The summed E-state index contributed by atoms with van der Waals surface area (Å²) >= 11 is 3.32. The van der Waals surface area contributed by atoms with Gasteiger partial charge < -0.3 is 10.1 Å². The van der Waals surface area contributed by atoms with E-state index in [1.165, 1.54) is 0 Å². The number of benzene rings is 2. The summed E-state index contributed by atoms with van der Waals surface area (Å²) in [6.45, 7) is 1.51. The van der Waals surface area contributed by atoms with Gasteiger partial charge >= 0.3 is 0 Å². The lowest BCUT2D eigenvalue weighted by Gasteiger charge is -2.06. The Kier molecular flexibility index (Phi) is 7.16. The molecule has 0 fully saturated rings. The number of hydrogen-bond acceptors (Lipinski definition) is 4. The smallest absolute Gasteiger partial charge is 0.277 e. The molecule has 0 aromatic heterocycles. The maximum atomic E-state index is 11.9. The number of carbonyl (C=O) groups excluding carboxylic acids is 2. The summed E-state index contributed by atoms with van der Waals surface area (Å²) in [5.74, 6) is -0.0140. The van der Waals surface area contributed by atoms with Crippen LogP contribution in [0.2, 0.25) is 0 Å². The van der Waals surface area contributed by atoms with Crippen LogP contribution in [0.25, 0.3) is 0 Å². The van der Waals surface area contributed by atoms with Crippen LogP contribution in [0.5, 0.6) is 5.75 Å². The molecule has 0 atom stereocenters. The number of carbonyl (C=O) groups is 2. The molecule has 0 saturated carbocycles. The maximum absolute atomic E-state index is 11.9. The molecule has 25 heavy (non-hydrogen) atoms. The van der Waals surface area contributed by atoms with Crippen LogP contribution < -0.4 is 15.5 Å². The highest BCUT2D eigenvalue weighted by Crippen LogP contribution is 2.15. The molecular formula is C18H18BrN3O3. The van der Waals surface area contributed by atoms with Crippen molar-refractivity contribution >= 4 is 39.1 Å². The molecular weight excluding hydrogens is 386 g/mol. The molecule has 0 saturated heterocycles. The highest BCUT2D eigenvalue weighted by Gasteiger charge is 2.06. The van der Waals surface area contributed by atoms with Crippen LogP contribution in [0.3, 0.4) is 0 Å². The van der Waals surface area contributed by atoms with E-state index in [2.05, 4.69) is 31.8 Å². The summed E-state index contributed by atoms with van der Waals surface area (Å²) in [6.07, 6.45) is 0.0861. The predicted molar refractivity (Wildman–Crippen MR) is 101 cm³/mol. The fraction of sp³-hybridized carbons (Fsp3) is 0.167. The summed E-state index contributed by atoms with van der Waals surface area (Å²) in [6, 6.07) is 16.3. The molecule has 130 valence electrons. The minimum absolute atomic E-state index is 0.0861. The molecule has 6 nitrogen and oxygen atoms in total. The van der Waals surface area contributed by atoms with E-state index in [-0.39, 0.29) is 18.9 Å². The van der Waals surface area contributed by atoms with Crippen LogP contribution in [0.1, 0.15) is 13.3 Å². The molecule has 2 rings (SSSR count). The van der Waals surface area contributed by atoms with Crippen molar-refractivity contribution < 1.29 is 14.3 Å². The predicted octanol–water partition coefficient (Wildman–Crippen LogP) is 3.35. The van der Waals surface area contributed by atoms with Crippen molar-refractivity contribution in [2.45, 2.75) is 13.3 Å². The summed E-state index contributed by atoms with van der Waals surface area (Å²) < 4.78 is 6.26. The minimum atomic E-state index is -0.397. The zero-order valence-corrected chi connectivity index (χ0v) is 15.2. The van der Waals surface area contributed by atoms with Gasteiger partial charge in [-0.3, -0.25) is 9.59 Å². The number of nitrogens with one attached hydrogen (secondary N) is 2. The fourth-order valence-electron chi connectivity index (χ4n) is 1.87. The molecule has 2 aromatic carbocycles. The third-order valence-electron chi connectivity index (χ3n) is 3.03. The van der Waals surface area contributed by atoms with E-state index in [9.17, 15) is 9.59 Å². The van der Waals surface area contributed by atoms with Crippen molar-refractivity contribution in [2.24, 2.45) is 5.10 Å². The van der Waals surface area contributed by atoms with Gasteiger partial charge in [0, 0.05) is 15.9 Å².